The number of benzene rings is 2. The van der Waals surface area contributed by atoms with Crippen molar-refractivity contribution in [2.24, 2.45) is 0 Å². The van der Waals surface area contributed by atoms with Gasteiger partial charge in [-0.3, -0.25) is 14.5 Å². The summed E-state index contributed by atoms with van der Waals surface area (Å²) in [6.07, 6.45) is 1.59. The molecule has 2 aromatic carbocycles. The van der Waals surface area contributed by atoms with Crippen LogP contribution in [0.4, 0.5) is 4.79 Å². The quantitative estimate of drug-likeness (QED) is 0.453. The Hall–Kier alpha value is -2.88. The zero-order valence-electron chi connectivity index (χ0n) is 17.6. The van der Waals surface area contributed by atoms with Gasteiger partial charge in [0.2, 0.25) is 0 Å². The van der Waals surface area contributed by atoms with Crippen LogP contribution in [-0.4, -0.2) is 60.6 Å². The van der Waals surface area contributed by atoms with Gasteiger partial charge in [-0.2, -0.15) is 0 Å². The van der Waals surface area contributed by atoms with Crippen molar-refractivity contribution in [3.05, 3.63) is 68.8 Å². The molecule has 2 aliphatic rings. The topological polar surface area (TPSA) is 88.2 Å². The highest BCUT2D eigenvalue weighted by atomic mass is 79.9. The van der Waals surface area contributed by atoms with E-state index in [4.69, 9.17) is 21.1 Å². The summed E-state index contributed by atoms with van der Waals surface area (Å²) in [5.74, 6) is -0.0103. The molecule has 0 bridgehead atoms. The molecule has 0 aromatic heterocycles. The van der Waals surface area contributed by atoms with Crippen LogP contribution < -0.4 is 10.1 Å². The summed E-state index contributed by atoms with van der Waals surface area (Å²) in [7, 11) is 0. The summed E-state index contributed by atoms with van der Waals surface area (Å²) in [4.78, 5) is 40.1. The first kappa shape index (κ1) is 23.3. The number of urea groups is 1. The van der Waals surface area contributed by atoms with Crippen LogP contribution in [0.5, 0.6) is 5.75 Å². The minimum Gasteiger partial charge on any atom is -0.483 e. The van der Waals surface area contributed by atoms with Gasteiger partial charge in [0.05, 0.1) is 24.2 Å². The highest BCUT2D eigenvalue weighted by molar-refractivity contribution is 9.10. The molecule has 2 heterocycles. The number of ether oxygens (including phenoxy) is 2. The number of rotatable bonds is 6. The van der Waals surface area contributed by atoms with Crippen molar-refractivity contribution in [1.29, 1.82) is 0 Å². The third kappa shape index (κ3) is 5.73. The van der Waals surface area contributed by atoms with Gasteiger partial charge in [-0.1, -0.05) is 29.8 Å². The summed E-state index contributed by atoms with van der Waals surface area (Å²) in [5.41, 5.74) is 1.66. The molecule has 0 aliphatic carbocycles. The SMILES string of the molecule is O=C(COc1ccc(/C=C2\NC(=O)N(Cc3ccc(Cl)cc3)C2=O)cc1Br)N1CCOCC1. The molecular weight excluding hydrogens is 514 g/mol. The van der Waals surface area contributed by atoms with E-state index in [1.807, 2.05) is 0 Å². The molecular formula is C23H21BrClN3O5. The van der Waals surface area contributed by atoms with Crippen molar-refractivity contribution in [3.63, 3.8) is 0 Å². The molecule has 0 unspecified atom stereocenters. The zero-order chi connectivity index (χ0) is 23.4. The lowest BCUT2D eigenvalue weighted by Gasteiger charge is -2.26. The standard InChI is InChI=1S/C23H21BrClN3O5/c24-18-11-16(3-6-20(18)33-14-21(29)27-7-9-32-10-8-27)12-19-22(30)28(23(31)26-19)13-15-1-4-17(25)5-2-15/h1-6,11-12H,7-10,13-14H2,(H,26,31)/b19-12-. The van der Waals surface area contributed by atoms with Crippen LogP contribution in [0.3, 0.4) is 0 Å². The van der Waals surface area contributed by atoms with E-state index < -0.39 is 11.9 Å². The molecule has 8 nitrogen and oxygen atoms in total. The molecule has 0 saturated carbocycles. The normalized spacial score (nSPS) is 17.5. The van der Waals surface area contributed by atoms with E-state index >= 15 is 0 Å². The second kappa shape index (κ2) is 10.4. The Kier molecular flexibility index (Phi) is 7.32. The summed E-state index contributed by atoms with van der Waals surface area (Å²) in [6.45, 7) is 2.26. The molecule has 4 amide bonds. The molecule has 172 valence electrons. The first-order chi connectivity index (χ1) is 15.9. The Labute approximate surface area is 204 Å². The van der Waals surface area contributed by atoms with Gasteiger partial charge in [-0.05, 0) is 57.4 Å². The second-order valence-electron chi connectivity index (χ2n) is 7.48. The van der Waals surface area contributed by atoms with Crippen LogP contribution in [0.25, 0.3) is 6.08 Å². The molecule has 0 atom stereocenters. The predicted molar refractivity (Wildman–Crippen MR) is 126 cm³/mol. The van der Waals surface area contributed by atoms with Crippen molar-refractivity contribution >= 4 is 51.5 Å². The molecule has 0 spiro atoms. The highest BCUT2D eigenvalue weighted by Crippen LogP contribution is 2.28. The summed E-state index contributed by atoms with van der Waals surface area (Å²) in [5, 5.41) is 3.19. The minimum absolute atomic E-state index is 0.0762. The molecule has 2 aromatic rings. The van der Waals surface area contributed by atoms with Gasteiger partial charge in [-0.15, -0.1) is 0 Å². The Balaban J connectivity index is 1.39. The monoisotopic (exact) mass is 533 g/mol. The van der Waals surface area contributed by atoms with E-state index in [2.05, 4.69) is 21.2 Å². The fraction of sp³-hybridized carbons (Fsp3) is 0.261. The first-order valence-corrected chi connectivity index (χ1v) is 11.4. The Morgan fingerprint density at radius 3 is 2.58 bits per heavy atom. The van der Waals surface area contributed by atoms with Crippen molar-refractivity contribution in [2.45, 2.75) is 6.54 Å². The van der Waals surface area contributed by atoms with Gasteiger partial charge >= 0.3 is 6.03 Å². The number of hydrogen-bond acceptors (Lipinski definition) is 5. The number of carbonyl (C=O) groups excluding carboxylic acids is 3. The molecule has 1 N–H and O–H groups in total. The number of halogens is 2. The van der Waals surface area contributed by atoms with Gasteiger partial charge in [0.1, 0.15) is 11.4 Å². The van der Waals surface area contributed by atoms with E-state index in [-0.39, 0.29) is 24.8 Å². The third-order valence-corrected chi connectivity index (χ3v) is 6.07. The lowest BCUT2D eigenvalue weighted by molar-refractivity contribution is -0.137. The minimum atomic E-state index is -0.484. The number of morpholine rings is 1. The number of imide groups is 1. The highest BCUT2D eigenvalue weighted by Gasteiger charge is 2.33. The van der Waals surface area contributed by atoms with Crippen LogP contribution in [0.1, 0.15) is 11.1 Å². The second-order valence-corrected chi connectivity index (χ2v) is 8.77. The van der Waals surface area contributed by atoms with Crippen molar-refractivity contribution < 1.29 is 23.9 Å². The first-order valence-electron chi connectivity index (χ1n) is 10.3. The van der Waals surface area contributed by atoms with Gasteiger partial charge in [-0.25, -0.2) is 4.79 Å². The van der Waals surface area contributed by atoms with Crippen molar-refractivity contribution in [1.82, 2.24) is 15.1 Å². The maximum absolute atomic E-state index is 12.7. The van der Waals surface area contributed by atoms with Crippen LogP contribution in [0.15, 0.2) is 52.6 Å². The van der Waals surface area contributed by atoms with Crippen molar-refractivity contribution in [3.8, 4) is 5.75 Å². The number of nitrogens with one attached hydrogen (secondary N) is 1. The number of carbonyl (C=O) groups is 3. The summed E-state index contributed by atoms with van der Waals surface area (Å²) in [6, 6.07) is 11.7. The maximum atomic E-state index is 12.7. The predicted octanol–water partition coefficient (Wildman–Crippen LogP) is 3.43. The van der Waals surface area contributed by atoms with E-state index in [0.29, 0.717) is 47.1 Å². The Morgan fingerprint density at radius 2 is 1.88 bits per heavy atom. The largest absolute Gasteiger partial charge is 0.483 e. The lowest BCUT2D eigenvalue weighted by atomic mass is 10.1. The van der Waals surface area contributed by atoms with Gasteiger partial charge in [0.25, 0.3) is 11.8 Å². The molecule has 2 saturated heterocycles. The van der Waals surface area contributed by atoms with Crippen LogP contribution in [-0.2, 0) is 20.9 Å². The average Bonchev–Trinajstić information content (AvgIpc) is 3.07. The maximum Gasteiger partial charge on any atom is 0.329 e. The van der Waals surface area contributed by atoms with Crippen LogP contribution in [0, 0.1) is 0 Å². The summed E-state index contributed by atoms with van der Waals surface area (Å²) < 4.78 is 11.5. The Morgan fingerprint density at radius 1 is 1.15 bits per heavy atom. The molecule has 33 heavy (non-hydrogen) atoms. The fourth-order valence-corrected chi connectivity index (χ4v) is 4.06. The number of hydrogen-bond donors (Lipinski definition) is 1. The number of nitrogens with zero attached hydrogens (tertiary/aromatic N) is 2. The van der Waals surface area contributed by atoms with Gasteiger partial charge < -0.3 is 19.7 Å². The van der Waals surface area contributed by atoms with Crippen LogP contribution >= 0.6 is 27.5 Å². The smallest absolute Gasteiger partial charge is 0.329 e. The van der Waals surface area contributed by atoms with E-state index in [9.17, 15) is 14.4 Å². The van der Waals surface area contributed by atoms with E-state index in [0.717, 1.165) is 10.5 Å². The van der Waals surface area contributed by atoms with Gasteiger partial charge in [0.15, 0.2) is 6.61 Å². The molecule has 2 fully saturated rings. The summed E-state index contributed by atoms with van der Waals surface area (Å²) >= 11 is 9.33. The number of amides is 4. The molecule has 4 rings (SSSR count). The molecule has 2 aliphatic heterocycles. The Bertz CT molecular complexity index is 1100. The zero-order valence-corrected chi connectivity index (χ0v) is 19.9. The van der Waals surface area contributed by atoms with Gasteiger partial charge in [0, 0.05) is 18.1 Å². The molecule has 0 radical (unpaired) electrons. The van der Waals surface area contributed by atoms with Crippen LogP contribution in [0.2, 0.25) is 5.02 Å². The van der Waals surface area contributed by atoms with E-state index in [1.165, 1.54) is 0 Å². The molecule has 10 heteroatoms. The third-order valence-electron chi connectivity index (χ3n) is 5.20. The average molecular weight is 535 g/mol. The van der Waals surface area contributed by atoms with E-state index in [1.54, 1.807) is 53.4 Å². The fourth-order valence-electron chi connectivity index (χ4n) is 3.42. The van der Waals surface area contributed by atoms with Crippen molar-refractivity contribution in [2.75, 3.05) is 32.9 Å². The lowest BCUT2D eigenvalue weighted by Crippen LogP contribution is -2.43.